The van der Waals surface area contributed by atoms with Crippen molar-refractivity contribution >= 4 is 33.3 Å². The maximum atomic E-state index is 12.1. The summed E-state index contributed by atoms with van der Waals surface area (Å²) >= 11 is 5.77. The van der Waals surface area contributed by atoms with Gasteiger partial charge in [-0.2, -0.15) is 5.10 Å². The number of hydrogen-bond donors (Lipinski definition) is 1. The van der Waals surface area contributed by atoms with Crippen LogP contribution >= 0.6 is 11.6 Å². The van der Waals surface area contributed by atoms with E-state index < -0.39 is 16.0 Å². The van der Waals surface area contributed by atoms with Crippen LogP contribution in [0.1, 0.15) is 0 Å². The molecule has 112 valence electrons. The van der Waals surface area contributed by atoms with E-state index in [1.165, 1.54) is 42.4 Å². The van der Waals surface area contributed by atoms with Crippen molar-refractivity contribution in [3.63, 3.8) is 0 Å². The normalized spacial score (nSPS) is 11.1. The summed E-state index contributed by atoms with van der Waals surface area (Å²) in [5, 5.41) is 4.18. The summed E-state index contributed by atoms with van der Waals surface area (Å²) in [6.07, 6.45) is 2.68. The van der Waals surface area contributed by atoms with Gasteiger partial charge in [0.25, 0.3) is 10.0 Å². The SMILES string of the molecule is COC(=O)Cn1cc(NS(=O)(=O)c2cccc(Cl)c2)cn1. The van der Waals surface area contributed by atoms with Crippen molar-refractivity contribution < 1.29 is 17.9 Å². The first-order valence-electron chi connectivity index (χ1n) is 5.78. The largest absolute Gasteiger partial charge is 0.468 e. The quantitative estimate of drug-likeness (QED) is 0.840. The maximum absolute atomic E-state index is 12.1. The van der Waals surface area contributed by atoms with Crippen LogP contribution in [0.3, 0.4) is 0 Å². The summed E-state index contributed by atoms with van der Waals surface area (Å²) in [7, 11) is -2.50. The first kappa shape index (κ1) is 15.3. The molecule has 0 unspecified atom stereocenters. The topological polar surface area (TPSA) is 90.3 Å². The van der Waals surface area contributed by atoms with E-state index >= 15 is 0 Å². The molecule has 1 aromatic carbocycles. The molecule has 0 aliphatic rings. The fourth-order valence-electron chi connectivity index (χ4n) is 1.55. The number of carbonyl (C=O) groups excluding carboxylic acids is 1. The zero-order valence-corrected chi connectivity index (χ0v) is 12.6. The van der Waals surface area contributed by atoms with Gasteiger partial charge in [0.05, 0.1) is 23.9 Å². The average Bonchev–Trinajstić information content (AvgIpc) is 2.85. The second-order valence-electron chi connectivity index (χ2n) is 4.07. The monoisotopic (exact) mass is 329 g/mol. The summed E-state index contributed by atoms with van der Waals surface area (Å²) in [6.45, 7) is -0.102. The number of nitrogens with one attached hydrogen (secondary N) is 1. The molecule has 0 spiro atoms. The number of halogens is 1. The molecule has 0 saturated carbocycles. The van der Waals surface area contributed by atoms with Gasteiger partial charge in [0.2, 0.25) is 0 Å². The molecule has 0 saturated heterocycles. The van der Waals surface area contributed by atoms with Gasteiger partial charge in [0.1, 0.15) is 6.54 Å². The van der Waals surface area contributed by atoms with Gasteiger partial charge in [-0.1, -0.05) is 17.7 Å². The lowest BCUT2D eigenvalue weighted by molar-refractivity contribution is -0.141. The molecule has 0 fully saturated rings. The van der Waals surface area contributed by atoms with E-state index in [0.29, 0.717) is 5.02 Å². The lowest BCUT2D eigenvalue weighted by Crippen LogP contribution is -2.13. The van der Waals surface area contributed by atoms with Crippen molar-refractivity contribution in [3.8, 4) is 0 Å². The first-order valence-corrected chi connectivity index (χ1v) is 7.64. The fourth-order valence-corrected chi connectivity index (χ4v) is 2.88. The third kappa shape index (κ3) is 3.96. The Morgan fingerprint density at radius 1 is 1.48 bits per heavy atom. The Bertz CT molecular complexity index is 757. The molecule has 0 bridgehead atoms. The summed E-state index contributed by atoms with van der Waals surface area (Å²) in [5.74, 6) is -0.484. The molecule has 9 heteroatoms. The maximum Gasteiger partial charge on any atom is 0.327 e. The van der Waals surface area contributed by atoms with Gasteiger partial charge >= 0.3 is 5.97 Å². The summed E-state index contributed by atoms with van der Waals surface area (Å²) in [5.41, 5.74) is 0.235. The summed E-state index contributed by atoms with van der Waals surface area (Å²) in [4.78, 5) is 11.1. The number of esters is 1. The minimum absolute atomic E-state index is 0.0377. The molecule has 0 radical (unpaired) electrons. The molecule has 0 atom stereocenters. The second-order valence-corrected chi connectivity index (χ2v) is 6.18. The number of aromatic nitrogens is 2. The average molecular weight is 330 g/mol. The molecule has 0 amide bonds. The van der Waals surface area contributed by atoms with Crippen LogP contribution in [0.5, 0.6) is 0 Å². The van der Waals surface area contributed by atoms with E-state index in [1.807, 2.05) is 0 Å². The van der Waals surface area contributed by atoms with E-state index in [-0.39, 0.29) is 17.1 Å². The highest BCUT2D eigenvalue weighted by Crippen LogP contribution is 2.18. The van der Waals surface area contributed by atoms with Crippen molar-refractivity contribution in [1.29, 1.82) is 0 Å². The number of ether oxygens (including phenoxy) is 1. The summed E-state index contributed by atoms with van der Waals surface area (Å²) in [6, 6.07) is 5.88. The fraction of sp³-hybridized carbons (Fsp3) is 0.167. The number of rotatable bonds is 5. The van der Waals surface area contributed by atoms with Crippen LogP contribution in [0.4, 0.5) is 5.69 Å². The first-order chi connectivity index (χ1) is 9.90. The molecule has 21 heavy (non-hydrogen) atoms. The predicted molar refractivity (Wildman–Crippen MR) is 76.5 cm³/mol. The van der Waals surface area contributed by atoms with Crippen molar-refractivity contribution in [2.75, 3.05) is 11.8 Å². The number of anilines is 1. The van der Waals surface area contributed by atoms with E-state index in [0.717, 1.165) is 0 Å². The molecule has 2 aromatic rings. The van der Waals surface area contributed by atoms with Crippen LogP contribution in [0.25, 0.3) is 0 Å². The highest BCUT2D eigenvalue weighted by atomic mass is 35.5. The van der Waals surface area contributed by atoms with E-state index in [4.69, 9.17) is 11.6 Å². The number of hydrogen-bond acceptors (Lipinski definition) is 5. The van der Waals surface area contributed by atoms with E-state index in [1.54, 1.807) is 6.07 Å². The number of carbonyl (C=O) groups is 1. The molecule has 2 rings (SSSR count). The molecule has 1 N–H and O–H groups in total. The van der Waals surface area contributed by atoms with Crippen LogP contribution in [0.2, 0.25) is 5.02 Å². The number of nitrogens with zero attached hydrogens (tertiary/aromatic N) is 2. The third-order valence-corrected chi connectivity index (χ3v) is 4.12. The number of benzene rings is 1. The summed E-state index contributed by atoms with van der Waals surface area (Å²) < 4.78 is 32.4. The van der Waals surface area contributed by atoms with Crippen molar-refractivity contribution in [3.05, 3.63) is 41.7 Å². The minimum Gasteiger partial charge on any atom is -0.468 e. The Labute approximate surface area is 126 Å². The van der Waals surface area contributed by atoms with Gasteiger partial charge < -0.3 is 4.74 Å². The predicted octanol–water partition coefficient (Wildman–Crippen LogP) is 1.51. The highest BCUT2D eigenvalue weighted by molar-refractivity contribution is 7.92. The number of sulfonamides is 1. The molecule has 0 aliphatic heterocycles. The molecule has 1 heterocycles. The van der Waals surface area contributed by atoms with Crippen molar-refractivity contribution in [1.82, 2.24) is 9.78 Å². The van der Waals surface area contributed by atoms with Gasteiger partial charge in [-0.25, -0.2) is 8.42 Å². The Morgan fingerprint density at radius 2 is 2.24 bits per heavy atom. The van der Waals surface area contributed by atoms with Crippen LogP contribution in [-0.4, -0.2) is 31.3 Å². The van der Waals surface area contributed by atoms with E-state index in [2.05, 4.69) is 14.6 Å². The van der Waals surface area contributed by atoms with Crippen LogP contribution in [0, 0.1) is 0 Å². The minimum atomic E-state index is -3.76. The van der Waals surface area contributed by atoms with Crippen LogP contribution in [-0.2, 0) is 26.1 Å². The Kier molecular flexibility index (Phi) is 4.49. The standard InChI is InChI=1S/C12H12ClN3O4S/c1-20-12(17)8-16-7-10(6-14-16)15-21(18,19)11-4-2-3-9(13)5-11/h2-7,15H,8H2,1H3. The second kappa shape index (κ2) is 6.15. The Hall–Kier alpha value is -2.06. The van der Waals surface area contributed by atoms with Crippen molar-refractivity contribution in [2.24, 2.45) is 0 Å². The van der Waals surface area contributed by atoms with Gasteiger partial charge in [-0.05, 0) is 18.2 Å². The van der Waals surface area contributed by atoms with Gasteiger partial charge in [0, 0.05) is 11.2 Å². The van der Waals surface area contributed by atoms with Gasteiger partial charge in [-0.3, -0.25) is 14.2 Å². The molecule has 0 aliphatic carbocycles. The van der Waals surface area contributed by atoms with Crippen LogP contribution < -0.4 is 4.72 Å². The van der Waals surface area contributed by atoms with Crippen molar-refractivity contribution in [2.45, 2.75) is 11.4 Å². The van der Waals surface area contributed by atoms with Crippen LogP contribution in [0.15, 0.2) is 41.6 Å². The third-order valence-electron chi connectivity index (χ3n) is 2.51. The zero-order chi connectivity index (χ0) is 15.5. The molecular formula is C12H12ClN3O4S. The van der Waals surface area contributed by atoms with Gasteiger partial charge in [0.15, 0.2) is 0 Å². The highest BCUT2D eigenvalue weighted by Gasteiger charge is 2.15. The molecular weight excluding hydrogens is 318 g/mol. The Morgan fingerprint density at radius 3 is 2.90 bits per heavy atom. The lowest BCUT2D eigenvalue weighted by Gasteiger charge is -2.05. The Balaban J connectivity index is 2.16. The lowest BCUT2D eigenvalue weighted by atomic mass is 10.4. The zero-order valence-electron chi connectivity index (χ0n) is 11.0. The number of methoxy groups -OCH3 is 1. The van der Waals surface area contributed by atoms with E-state index in [9.17, 15) is 13.2 Å². The molecule has 7 nitrogen and oxygen atoms in total. The van der Waals surface area contributed by atoms with Gasteiger partial charge in [-0.15, -0.1) is 0 Å². The molecule has 1 aromatic heterocycles. The smallest absolute Gasteiger partial charge is 0.327 e.